The number of piperidine rings is 1. The number of aromatic nitrogens is 2. The highest BCUT2D eigenvalue weighted by atomic mass is 35.5. The first-order valence-electron chi connectivity index (χ1n) is 9.88. The van der Waals surface area contributed by atoms with Crippen LogP contribution in [0.25, 0.3) is 10.2 Å². The first-order valence-corrected chi connectivity index (χ1v) is 12.8. The maximum absolute atomic E-state index is 11.9. The largest absolute Gasteiger partial charge is 0.360 e. The molecule has 0 radical (unpaired) electrons. The minimum absolute atomic E-state index is 0.00408. The Hall–Kier alpha value is -0.880. The Labute approximate surface area is 180 Å². The van der Waals surface area contributed by atoms with Crippen molar-refractivity contribution in [1.29, 1.82) is 0 Å². The zero-order chi connectivity index (χ0) is 20.4. The van der Waals surface area contributed by atoms with Crippen LogP contribution in [0.5, 0.6) is 0 Å². The highest BCUT2D eigenvalue weighted by Gasteiger charge is 2.35. The molecule has 2 atom stereocenters. The second kappa shape index (κ2) is 9.09. The number of thiophene rings is 1. The molecule has 1 N–H and O–H groups in total. The van der Waals surface area contributed by atoms with Crippen molar-refractivity contribution >= 4 is 43.2 Å². The van der Waals surface area contributed by atoms with Gasteiger partial charge in [-0.2, -0.15) is 0 Å². The molecular formula is C18H26ClN5O3S2. The zero-order valence-corrected chi connectivity index (χ0v) is 18.7. The Morgan fingerprint density at radius 3 is 2.83 bits per heavy atom. The summed E-state index contributed by atoms with van der Waals surface area (Å²) in [6.07, 6.45) is 5.07. The molecule has 11 heteroatoms. The van der Waals surface area contributed by atoms with E-state index in [1.807, 2.05) is 6.20 Å². The number of hydrogen-bond donors (Lipinski definition) is 1. The number of rotatable bonds is 6. The molecule has 2 saturated heterocycles. The second-order valence-corrected chi connectivity index (χ2v) is 11.0. The summed E-state index contributed by atoms with van der Waals surface area (Å²) in [5.41, 5.74) is 0.626. The van der Waals surface area contributed by atoms with Crippen molar-refractivity contribution < 1.29 is 13.2 Å². The van der Waals surface area contributed by atoms with Crippen LogP contribution in [-0.2, 0) is 14.8 Å². The number of morpholine rings is 1. The van der Waals surface area contributed by atoms with Gasteiger partial charge in [-0.05, 0) is 25.8 Å². The molecule has 160 valence electrons. The molecule has 0 spiro atoms. The lowest BCUT2D eigenvalue weighted by atomic mass is 10.0. The van der Waals surface area contributed by atoms with E-state index in [0.717, 1.165) is 42.7 Å². The Morgan fingerprint density at radius 1 is 1.34 bits per heavy atom. The molecule has 0 amide bonds. The number of sulfonamides is 1. The minimum atomic E-state index is -3.18. The molecule has 2 fully saturated rings. The van der Waals surface area contributed by atoms with E-state index in [4.69, 9.17) is 16.3 Å². The van der Waals surface area contributed by atoms with Crippen molar-refractivity contribution in [3.05, 3.63) is 23.5 Å². The first kappa shape index (κ1) is 21.4. The van der Waals surface area contributed by atoms with Gasteiger partial charge in [0.25, 0.3) is 0 Å². The topological polar surface area (TPSA) is 87.7 Å². The molecule has 8 nitrogen and oxygen atoms in total. The molecule has 2 aliphatic heterocycles. The van der Waals surface area contributed by atoms with Crippen molar-refractivity contribution in [2.75, 3.05) is 38.5 Å². The van der Waals surface area contributed by atoms with E-state index in [9.17, 15) is 8.42 Å². The third-order valence-electron chi connectivity index (χ3n) is 5.47. The quantitative estimate of drug-likeness (QED) is 0.661. The normalized spacial score (nSPS) is 24.1. The molecule has 2 unspecified atom stereocenters. The monoisotopic (exact) mass is 459 g/mol. The Bertz CT molecular complexity index is 899. The molecule has 4 heterocycles. The van der Waals surface area contributed by atoms with Gasteiger partial charge < -0.3 is 4.74 Å². The van der Waals surface area contributed by atoms with Crippen LogP contribution in [0, 0.1) is 0 Å². The minimum Gasteiger partial charge on any atom is -0.360 e. The number of nitrogens with one attached hydrogen (secondary N) is 1. The van der Waals surface area contributed by atoms with E-state index in [2.05, 4.69) is 30.6 Å². The summed E-state index contributed by atoms with van der Waals surface area (Å²) in [6, 6.07) is 2.13. The van der Waals surface area contributed by atoms with Gasteiger partial charge in [-0.25, -0.2) is 23.1 Å². The van der Waals surface area contributed by atoms with Crippen molar-refractivity contribution in [3.8, 4) is 0 Å². The van der Waals surface area contributed by atoms with E-state index in [0.29, 0.717) is 13.2 Å². The van der Waals surface area contributed by atoms with Crippen LogP contribution in [0.2, 0.25) is 0 Å². The summed E-state index contributed by atoms with van der Waals surface area (Å²) in [5.74, 6) is 0.115. The molecule has 2 aromatic heterocycles. The Kier molecular flexibility index (Phi) is 6.69. The fourth-order valence-corrected chi connectivity index (χ4v) is 6.30. The van der Waals surface area contributed by atoms with Gasteiger partial charge in [0.05, 0.1) is 28.7 Å². The standard InChI is InChI=1S/C18H26ClN5O3S2/c1-2-29(25,26)22-13-3-5-23(6-4-13)18(24-7-8-27-17(19)11-24)15-9-14-16(28-15)10-20-12-21-14/h9-10,12-13,17-18,22H,2-8,11H2,1H3. The van der Waals surface area contributed by atoms with Crippen LogP contribution in [0.1, 0.15) is 30.8 Å². The highest BCUT2D eigenvalue weighted by molar-refractivity contribution is 7.89. The van der Waals surface area contributed by atoms with Crippen LogP contribution in [0.3, 0.4) is 0 Å². The van der Waals surface area contributed by atoms with Gasteiger partial charge in [0.15, 0.2) is 0 Å². The zero-order valence-electron chi connectivity index (χ0n) is 16.3. The van der Waals surface area contributed by atoms with Crippen LogP contribution >= 0.6 is 22.9 Å². The number of alkyl halides is 1. The van der Waals surface area contributed by atoms with E-state index in [-0.39, 0.29) is 23.5 Å². The van der Waals surface area contributed by atoms with E-state index < -0.39 is 10.0 Å². The van der Waals surface area contributed by atoms with Gasteiger partial charge in [-0.1, -0.05) is 11.6 Å². The number of halogens is 1. The lowest BCUT2D eigenvalue weighted by Crippen LogP contribution is -2.52. The van der Waals surface area contributed by atoms with Gasteiger partial charge >= 0.3 is 0 Å². The summed E-state index contributed by atoms with van der Waals surface area (Å²) in [4.78, 5) is 14.5. The van der Waals surface area contributed by atoms with Crippen molar-refractivity contribution in [2.24, 2.45) is 0 Å². The molecule has 0 bridgehead atoms. The fourth-order valence-electron chi connectivity index (χ4n) is 3.97. The van der Waals surface area contributed by atoms with Crippen molar-refractivity contribution in [1.82, 2.24) is 24.5 Å². The van der Waals surface area contributed by atoms with Crippen LogP contribution in [0.15, 0.2) is 18.6 Å². The molecule has 29 heavy (non-hydrogen) atoms. The van der Waals surface area contributed by atoms with Gasteiger partial charge in [0.2, 0.25) is 10.0 Å². The molecular weight excluding hydrogens is 434 g/mol. The molecule has 4 rings (SSSR count). The predicted molar refractivity (Wildman–Crippen MR) is 115 cm³/mol. The highest BCUT2D eigenvalue weighted by Crippen LogP contribution is 2.36. The lowest BCUT2D eigenvalue weighted by molar-refractivity contribution is -0.0537. The van der Waals surface area contributed by atoms with Crippen molar-refractivity contribution in [2.45, 2.75) is 37.5 Å². The number of fused-ring (bicyclic) bond motifs is 1. The van der Waals surface area contributed by atoms with Crippen LogP contribution in [-0.4, -0.2) is 78.3 Å². The summed E-state index contributed by atoms with van der Waals surface area (Å²) >= 11 is 8.00. The Balaban J connectivity index is 1.54. The van der Waals surface area contributed by atoms with Gasteiger partial charge in [-0.3, -0.25) is 9.80 Å². The van der Waals surface area contributed by atoms with Crippen molar-refractivity contribution in [3.63, 3.8) is 0 Å². The summed E-state index contributed by atoms with van der Waals surface area (Å²) in [7, 11) is -3.18. The summed E-state index contributed by atoms with van der Waals surface area (Å²) < 4.78 is 33.3. The lowest BCUT2D eigenvalue weighted by Gasteiger charge is -2.44. The fraction of sp³-hybridized carbons (Fsp3) is 0.667. The SMILES string of the molecule is CCS(=O)(=O)NC1CCN(C(c2cc3ncncc3s2)N2CCOC(Cl)C2)CC1. The number of ether oxygens (including phenoxy) is 1. The maximum Gasteiger partial charge on any atom is 0.211 e. The van der Waals surface area contributed by atoms with Crippen LogP contribution in [0.4, 0.5) is 0 Å². The van der Waals surface area contributed by atoms with E-state index in [1.165, 1.54) is 4.88 Å². The second-order valence-electron chi connectivity index (χ2n) is 7.40. The average molecular weight is 460 g/mol. The first-order chi connectivity index (χ1) is 13.9. The predicted octanol–water partition coefficient (Wildman–Crippen LogP) is 1.99. The molecule has 0 aliphatic carbocycles. The van der Waals surface area contributed by atoms with E-state index >= 15 is 0 Å². The third kappa shape index (κ3) is 5.07. The molecule has 0 aromatic carbocycles. The Morgan fingerprint density at radius 2 is 2.14 bits per heavy atom. The van der Waals surface area contributed by atoms with Gasteiger partial charge in [0, 0.05) is 43.3 Å². The van der Waals surface area contributed by atoms with Gasteiger partial charge in [0.1, 0.15) is 11.9 Å². The molecule has 0 saturated carbocycles. The summed E-state index contributed by atoms with van der Waals surface area (Å²) in [5, 5.41) is 0. The third-order valence-corrected chi connectivity index (χ3v) is 8.29. The number of hydrogen-bond acceptors (Lipinski definition) is 8. The van der Waals surface area contributed by atoms with Crippen LogP contribution < -0.4 is 4.72 Å². The summed E-state index contributed by atoms with van der Waals surface area (Å²) in [6.45, 7) is 5.34. The van der Waals surface area contributed by atoms with Gasteiger partial charge in [-0.15, -0.1) is 11.3 Å². The average Bonchev–Trinajstić information content (AvgIpc) is 3.13. The van der Waals surface area contributed by atoms with E-state index in [1.54, 1.807) is 24.6 Å². The molecule has 2 aromatic rings. The number of likely N-dealkylation sites (tertiary alicyclic amines) is 1. The number of nitrogens with zero attached hydrogens (tertiary/aromatic N) is 4. The molecule has 2 aliphatic rings. The maximum atomic E-state index is 11.9. The smallest absolute Gasteiger partial charge is 0.211 e.